The molecule has 6 nitrogen and oxygen atoms in total. The van der Waals surface area contributed by atoms with Gasteiger partial charge in [-0.2, -0.15) is 0 Å². The molecule has 0 bridgehead atoms. The zero-order chi connectivity index (χ0) is 16.2. The third-order valence-electron chi connectivity index (χ3n) is 3.51. The smallest absolute Gasteiger partial charge is 0.413 e. The van der Waals surface area contributed by atoms with Crippen molar-refractivity contribution < 1.29 is 9.53 Å². The summed E-state index contributed by atoms with van der Waals surface area (Å²) in [6, 6.07) is 5.65. The lowest BCUT2D eigenvalue weighted by Crippen LogP contribution is -2.46. The van der Waals surface area contributed by atoms with Gasteiger partial charge in [-0.25, -0.2) is 9.78 Å². The van der Waals surface area contributed by atoms with E-state index in [1.54, 1.807) is 6.07 Å². The van der Waals surface area contributed by atoms with Crippen LogP contribution in [0.1, 0.15) is 27.7 Å². The van der Waals surface area contributed by atoms with Gasteiger partial charge in [-0.05, 0) is 39.4 Å². The Kier molecular flexibility index (Phi) is 5.24. The van der Waals surface area contributed by atoms with Crippen molar-refractivity contribution in [1.82, 2.24) is 9.88 Å². The second kappa shape index (κ2) is 6.96. The van der Waals surface area contributed by atoms with Crippen molar-refractivity contribution in [2.45, 2.75) is 33.3 Å². The van der Waals surface area contributed by atoms with E-state index >= 15 is 0 Å². The number of aromatic nitrogens is 1. The molecule has 6 heteroatoms. The van der Waals surface area contributed by atoms with Gasteiger partial charge in [0.25, 0.3) is 0 Å². The highest BCUT2D eigenvalue weighted by Gasteiger charge is 2.19. The molecule has 2 heterocycles. The van der Waals surface area contributed by atoms with Crippen LogP contribution in [0.3, 0.4) is 0 Å². The predicted molar refractivity (Wildman–Crippen MR) is 88.4 cm³/mol. The van der Waals surface area contributed by atoms with Crippen LogP contribution in [0.5, 0.6) is 0 Å². The largest absolute Gasteiger partial charge is 0.444 e. The molecule has 1 amide bonds. The molecule has 0 atom stereocenters. The van der Waals surface area contributed by atoms with Crippen LogP contribution in [0.15, 0.2) is 18.2 Å². The SMILES string of the molecule is CCN1CCN(c2cccc(NC(=O)OC(C)(C)C)n2)CC1. The highest BCUT2D eigenvalue weighted by Crippen LogP contribution is 2.17. The van der Waals surface area contributed by atoms with Crippen molar-refractivity contribution in [1.29, 1.82) is 0 Å². The number of likely N-dealkylation sites (N-methyl/N-ethyl adjacent to an activating group) is 1. The fourth-order valence-electron chi connectivity index (χ4n) is 2.37. The summed E-state index contributed by atoms with van der Waals surface area (Å²) in [7, 11) is 0. The first-order valence-corrected chi connectivity index (χ1v) is 7.82. The summed E-state index contributed by atoms with van der Waals surface area (Å²) >= 11 is 0. The van der Waals surface area contributed by atoms with Crippen molar-refractivity contribution in [3.63, 3.8) is 0 Å². The van der Waals surface area contributed by atoms with Gasteiger partial charge in [0.05, 0.1) is 0 Å². The first-order chi connectivity index (χ1) is 10.4. The maximum absolute atomic E-state index is 11.8. The fourth-order valence-corrected chi connectivity index (χ4v) is 2.37. The second-order valence-corrected chi connectivity index (χ2v) is 6.43. The summed E-state index contributed by atoms with van der Waals surface area (Å²) in [4.78, 5) is 21.0. The number of piperazine rings is 1. The molecule has 0 spiro atoms. The summed E-state index contributed by atoms with van der Waals surface area (Å²) in [6.07, 6.45) is -0.479. The number of anilines is 2. The van der Waals surface area contributed by atoms with E-state index in [4.69, 9.17) is 4.74 Å². The molecule has 1 N–H and O–H groups in total. The number of ether oxygens (including phenoxy) is 1. The minimum absolute atomic E-state index is 0.479. The zero-order valence-electron chi connectivity index (χ0n) is 13.9. The fraction of sp³-hybridized carbons (Fsp3) is 0.625. The Balaban J connectivity index is 1.97. The van der Waals surface area contributed by atoms with Crippen molar-refractivity contribution in [3.05, 3.63) is 18.2 Å². The number of nitrogens with zero attached hydrogens (tertiary/aromatic N) is 3. The van der Waals surface area contributed by atoms with Crippen LogP contribution in [-0.2, 0) is 4.74 Å². The molecule has 22 heavy (non-hydrogen) atoms. The molecule has 0 saturated carbocycles. The maximum atomic E-state index is 11.8. The van der Waals surface area contributed by atoms with E-state index in [1.165, 1.54) is 0 Å². The van der Waals surface area contributed by atoms with E-state index < -0.39 is 11.7 Å². The van der Waals surface area contributed by atoms with Gasteiger partial charge in [0.15, 0.2) is 0 Å². The number of hydrogen-bond donors (Lipinski definition) is 1. The molecule has 122 valence electrons. The first kappa shape index (κ1) is 16.5. The van der Waals surface area contributed by atoms with Gasteiger partial charge in [-0.1, -0.05) is 13.0 Å². The molecular weight excluding hydrogens is 280 g/mol. The predicted octanol–water partition coefficient (Wildman–Crippen LogP) is 2.57. The third kappa shape index (κ3) is 4.87. The van der Waals surface area contributed by atoms with Crippen LogP contribution >= 0.6 is 0 Å². The number of hydrogen-bond acceptors (Lipinski definition) is 5. The number of amides is 1. The number of carbonyl (C=O) groups excluding carboxylic acids is 1. The molecule has 1 aromatic rings. The van der Waals surface area contributed by atoms with E-state index in [9.17, 15) is 4.79 Å². The quantitative estimate of drug-likeness (QED) is 0.930. The van der Waals surface area contributed by atoms with Crippen molar-refractivity contribution in [2.75, 3.05) is 42.9 Å². The number of carbonyl (C=O) groups is 1. The number of rotatable bonds is 3. The van der Waals surface area contributed by atoms with Crippen LogP contribution in [0.25, 0.3) is 0 Å². The molecule has 0 unspecified atom stereocenters. The molecule has 1 fully saturated rings. The monoisotopic (exact) mass is 306 g/mol. The number of pyridine rings is 1. The molecule has 0 aromatic carbocycles. The summed E-state index contributed by atoms with van der Waals surface area (Å²) in [6.45, 7) is 12.8. The normalized spacial score (nSPS) is 16.5. The van der Waals surface area contributed by atoms with E-state index in [-0.39, 0.29) is 0 Å². The van der Waals surface area contributed by atoms with Gasteiger partial charge in [-0.3, -0.25) is 5.32 Å². The first-order valence-electron chi connectivity index (χ1n) is 7.82. The minimum atomic E-state index is -0.516. The molecular formula is C16H26N4O2. The van der Waals surface area contributed by atoms with Crippen LogP contribution < -0.4 is 10.2 Å². The van der Waals surface area contributed by atoms with Gasteiger partial charge in [0.2, 0.25) is 0 Å². The van der Waals surface area contributed by atoms with Gasteiger partial charge in [0.1, 0.15) is 17.2 Å². The molecule has 0 radical (unpaired) electrons. The average Bonchev–Trinajstić information content (AvgIpc) is 2.45. The lowest BCUT2D eigenvalue weighted by Gasteiger charge is -2.34. The summed E-state index contributed by atoms with van der Waals surface area (Å²) in [5.41, 5.74) is -0.516. The van der Waals surface area contributed by atoms with Gasteiger partial charge >= 0.3 is 6.09 Å². The highest BCUT2D eigenvalue weighted by molar-refractivity contribution is 5.83. The van der Waals surface area contributed by atoms with Crippen LogP contribution in [0, 0.1) is 0 Å². The summed E-state index contributed by atoms with van der Waals surface area (Å²) < 4.78 is 5.25. The number of nitrogens with one attached hydrogen (secondary N) is 1. The molecule has 1 aromatic heterocycles. The Morgan fingerprint density at radius 1 is 1.27 bits per heavy atom. The van der Waals surface area contributed by atoms with E-state index in [1.807, 2.05) is 32.9 Å². The van der Waals surface area contributed by atoms with Crippen LogP contribution in [-0.4, -0.2) is 54.3 Å². The van der Waals surface area contributed by atoms with Crippen LogP contribution in [0.2, 0.25) is 0 Å². The third-order valence-corrected chi connectivity index (χ3v) is 3.51. The zero-order valence-corrected chi connectivity index (χ0v) is 13.9. The summed E-state index contributed by atoms with van der Waals surface area (Å²) in [5.74, 6) is 1.41. The molecule has 0 aliphatic carbocycles. The minimum Gasteiger partial charge on any atom is -0.444 e. The highest BCUT2D eigenvalue weighted by atomic mass is 16.6. The second-order valence-electron chi connectivity index (χ2n) is 6.43. The lowest BCUT2D eigenvalue weighted by atomic mass is 10.2. The Morgan fingerprint density at radius 2 is 1.95 bits per heavy atom. The average molecular weight is 306 g/mol. The van der Waals surface area contributed by atoms with Crippen LogP contribution in [0.4, 0.5) is 16.4 Å². The van der Waals surface area contributed by atoms with Crippen molar-refractivity contribution in [2.24, 2.45) is 0 Å². The van der Waals surface area contributed by atoms with Gasteiger partial charge in [0, 0.05) is 26.2 Å². The molecule has 1 aliphatic rings. The van der Waals surface area contributed by atoms with E-state index in [0.717, 1.165) is 38.5 Å². The molecule has 1 aliphatic heterocycles. The topological polar surface area (TPSA) is 57.7 Å². The van der Waals surface area contributed by atoms with Gasteiger partial charge in [-0.15, -0.1) is 0 Å². The van der Waals surface area contributed by atoms with Gasteiger partial charge < -0.3 is 14.5 Å². The Bertz CT molecular complexity index is 505. The molecule has 2 rings (SSSR count). The Hall–Kier alpha value is -1.82. The Labute approximate surface area is 132 Å². The maximum Gasteiger partial charge on any atom is 0.413 e. The van der Waals surface area contributed by atoms with E-state index in [2.05, 4.69) is 27.0 Å². The standard InChI is InChI=1S/C16H26N4O2/c1-5-19-9-11-20(12-10-19)14-8-6-7-13(17-14)18-15(21)22-16(2,3)4/h6-8H,5,9-12H2,1-4H3,(H,17,18,21). The van der Waals surface area contributed by atoms with Crippen molar-refractivity contribution in [3.8, 4) is 0 Å². The summed E-state index contributed by atoms with van der Waals surface area (Å²) in [5, 5.41) is 2.69. The molecule has 1 saturated heterocycles. The van der Waals surface area contributed by atoms with Crippen molar-refractivity contribution >= 4 is 17.7 Å². The lowest BCUT2D eigenvalue weighted by molar-refractivity contribution is 0.0635. The van der Waals surface area contributed by atoms with E-state index in [0.29, 0.717) is 5.82 Å². The Morgan fingerprint density at radius 3 is 2.55 bits per heavy atom.